The van der Waals surface area contributed by atoms with E-state index in [0.717, 1.165) is 0 Å². The Kier molecular flexibility index (Phi) is 6.38. The molecule has 6 nitrogen and oxygen atoms in total. The molecule has 0 spiro atoms. The fraction of sp³-hybridized carbons (Fsp3) is 0.333. The quantitative estimate of drug-likeness (QED) is 0.733. The molecule has 1 aliphatic rings. The standard InChI is InChI=1S/C21H21FO6/c1-13-17(27-19(23)14-9-5-3-6-10-14)18(16(22)21(25-2)26-13)28-20(24)15-11-7-4-8-12-15/h3-13,16-18,21H,1-2H3/t13-,16+,17+,18-,21?/m0/s1. The first kappa shape index (κ1) is 20.0. The van der Waals surface area contributed by atoms with Gasteiger partial charge < -0.3 is 18.9 Å². The van der Waals surface area contributed by atoms with E-state index in [1.165, 1.54) is 7.11 Å². The Hall–Kier alpha value is -2.77. The molecule has 148 valence electrons. The molecule has 0 bridgehead atoms. The second-order valence-electron chi connectivity index (χ2n) is 6.36. The van der Waals surface area contributed by atoms with Gasteiger partial charge in [0.2, 0.25) is 0 Å². The van der Waals surface area contributed by atoms with E-state index in [1.807, 2.05) is 0 Å². The zero-order chi connectivity index (χ0) is 20.1. The third kappa shape index (κ3) is 4.37. The van der Waals surface area contributed by atoms with Gasteiger partial charge in [-0.3, -0.25) is 0 Å². The van der Waals surface area contributed by atoms with Crippen molar-refractivity contribution in [1.29, 1.82) is 0 Å². The van der Waals surface area contributed by atoms with Crippen LogP contribution in [0.3, 0.4) is 0 Å². The average molecular weight is 388 g/mol. The lowest BCUT2D eigenvalue weighted by molar-refractivity contribution is -0.269. The summed E-state index contributed by atoms with van der Waals surface area (Å²) >= 11 is 0. The Morgan fingerprint density at radius 2 is 1.32 bits per heavy atom. The van der Waals surface area contributed by atoms with Gasteiger partial charge in [0.05, 0.1) is 17.2 Å². The van der Waals surface area contributed by atoms with E-state index in [9.17, 15) is 14.0 Å². The molecule has 1 fully saturated rings. The number of alkyl halides is 1. The number of hydrogen-bond acceptors (Lipinski definition) is 6. The lowest BCUT2D eigenvalue weighted by atomic mass is 10.00. The van der Waals surface area contributed by atoms with E-state index in [0.29, 0.717) is 5.56 Å². The Morgan fingerprint density at radius 3 is 1.79 bits per heavy atom. The molecule has 0 aliphatic carbocycles. The van der Waals surface area contributed by atoms with Crippen molar-refractivity contribution in [3.63, 3.8) is 0 Å². The largest absolute Gasteiger partial charge is 0.452 e. The number of methoxy groups -OCH3 is 1. The average Bonchev–Trinajstić information content (AvgIpc) is 2.73. The highest BCUT2D eigenvalue weighted by Crippen LogP contribution is 2.29. The monoisotopic (exact) mass is 388 g/mol. The molecule has 0 radical (unpaired) electrons. The number of esters is 2. The molecule has 1 aliphatic heterocycles. The van der Waals surface area contributed by atoms with Crippen LogP contribution in [0.4, 0.5) is 4.39 Å². The highest BCUT2D eigenvalue weighted by molar-refractivity contribution is 5.90. The maximum absolute atomic E-state index is 14.9. The van der Waals surface area contributed by atoms with Gasteiger partial charge >= 0.3 is 11.9 Å². The molecular formula is C21H21FO6. The molecule has 1 saturated heterocycles. The number of carbonyl (C=O) groups is 2. The van der Waals surface area contributed by atoms with Gasteiger partial charge in [0.25, 0.3) is 0 Å². The summed E-state index contributed by atoms with van der Waals surface area (Å²) in [5.41, 5.74) is 0.558. The molecule has 2 aromatic rings. The van der Waals surface area contributed by atoms with E-state index < -0.39 is 42.7 Å². The first-order valence-electron chi connectivity index (χ1n) is 8.85. The van der Waals surface area contributed by atoms with Crippen molar-refractivity contribution in [3.05, 3.63) is 71.8 Å². The molecule has 1 unspecified atom stereocenters. The topological polar surface area (TPSA) is 71.1 Å². The van der Waals surface area contributed by atoms with Crippen LogP contribution in [-0.4, -0.2) is 49.8 Å². The lowest BCUT2D eigenvalue weighted by Gasteiger charge is -2.40. The van der Waals surface area contributed by atoms with E-state index in [4.69, 9.17) is 18.9 Å². The predicted octanol–water partition coefficient (Wildman–Crippen LogP) is 3.17. The molecule has 7 heteroatoms. The number of rotatable bonds is 5. The molecule has 0 amide bonds. The predicted molar refractivity (Wildman–Crippen MR) is 97.5 cm³/mol. The van der Waals surface area contributed by atoms with Gasteiger partial charge in [-0.15, -0.1) is 0 Å². The van der Waals surface area contributed by atoms with Crippen LogP contribution in [0.2, 0.25) is 0 Å². The first-order valence-corrected chi connectivity index (χ1v) is 8.85. The molecule has 0 saturated carbocycles. The van der Waals surface area contributed by atoms with E-state index in [2.05, 4.69) is 0 Å². The SMILES string of the molecule is COC1O[C@@H](C)[C@@H](OC(=O)c2ccccc2)[C@@H](OC(=O)c2ccccc2)[C@H]1F. The third-order valence-electron chi connectivity index (χ3n) is 4.45. The van der Waals surface area contributed by atoms with Crippen molar-refractivity contribution in [2.45, 2.75) is 37.7 Å². The van der Waals surface area contributed by atoms with Crippen LogP contribution < -0.4 is 0 Å². The van der Waals surface area contributed by atoms with Crippen LogP contribution in [0.25, 0.3) is 0 Å². The van der Waals surface area contributed by atoms with Gasteiger partial charge in [-0.05, 0) is 31.2 Å². The summed E-state index contributed by atoms with van der Waals surface area (Å²) in [6, 6.07) is 16.5. The van der Waals surface area contributed by atoms with Gasteiger partial charge in [-0.1, -0.05) is 36.4 Å². The van der Waals surface area contributed by atoms with Crippen LogP contribution in [-0.2, 0) is 18.9 Å². The van der Waals surface area contributed by atoms with Gasteiger partial charge in [-0.25, -0.2) is 14.0 Å². The van der Waals surface area contributed by atoms with E-state index in [1.54, 1.807) is 67.6 Å². The Bertz CT molecular complexity index is 797. The van der Waals surface area contributed by atoms with Crippen molar-refractivity contribution in [3.8, 4) is 0 Å². The van der Waals surface area contributed by atoms with Crippen molar-refractivity contribution in [1.82, 2.24) is 0 Å². The summed E-state index contributed by atoms with van der Waals surface area (Å²) in [4.78, 5) is 24.9. The van der Waals surface area contributed by atoms with Gasteiger partial charge in [-0.2, -0.15) is 0 Å². The fourth-order valence-corrected chi connectivity index (χ4v) is 2.98. The molecule has 0 N–H and O–H groups in total. The third-order valence-corrected chi connectivity index (χ3v) is 4.45. The minimum Gasteiger partial charge on any atom is -0.452 e. The summed E-state index contributed by atoms with van der Waals surface area (Å²) in [7, 11) is 1.29. The van der Waals surface area contributed by atoms with Gasteiger partial charge in [0, 0.05) is 7.11 Å². The number of halogens is 1. The summed E-state index contributed by atoms with van der Waals surface area (Å²) in [6.07, 6.45) is -6.34. The molecule has 3 rings (SSSR count). The van der Waals surface area contributed by atoms with Crippen LogP contribution in [0, 0.1) is 0 Å². The molecule has 0 aromatic heterocycles. The lowest BCUT2D eigenvalue weighted by Crippen LogP contribution is -2.58. The van der Waals surface area contributed by atoms with Crippen LogP contribution in [0.1, 0.15) is 27.6 Å². The zero-order valence-electron chi connectivity index (χ0n) is 15.5. The Morgan fingerprint density at radius 1 is 0.857 bits per heavy atom. The van der Waals surface area contributed by atoms with Crippen molar-refractivity contribution >= 4 is 11.9 Å². The van der Waals surface area contributed by atoms with Crippen LogP contribution in [0.15, 0.2) is 60.7 Å². The second-order valence-corrected chi connectivity index (χ2v) is 6.36. The number of carbonyl (C=O) groups excluding carboxylic acids is 2. The van der Waals surface area contributed by atoms with E-state index in [-0.39, 0.29) is 5.56 Å². The smallest absolute Gasteiger partial charge is 0.338 e. The molecule has 28 heavy (non-hydrogen) atoms. The molecule has 5 atom stereocenters. The summed E-state index contributed by atoms with van der Waals surface area (Å²) in [5.74, 6) is -1.39. The minimum absolute atomic E-state index is 0.260. The zero-order valence-corrected chi connectivity index (χ0v) is 15.5. The Balaban J connectivity index is 1.82. The molecular weight excluding hydrogens is 367 g/mol. The highest BCUT2D eigenvalue weighted by Gasteiger charge is 2.49. The summed E-state index contributed by atoms with van der Waals surface area (Å²) in [5, 5.41) is 0. The van der Waals surface area contributed by atoms with Crippen molar-refractivity contribution in [2.75, 3.05) is 7.11 Å². The van der Waals surface area contributed by atoms with Crippen molar-refractivity contribution in [2.24, 2.45) is 0 Å². The maximum atomic E-state index is 14.9. The van der Waals surface area contributed by atoms with Crippen LogP contribution in [0.5, 0.6) is 0 Å². The highest BCUT2D eigenvalue weighted by atomic mass is 19.1. The van der Waals surface area contributed by atoms with Crippen LogP contribution >= 0.6 is 0 Å². The summed E-state index contributed by atoms with van der Waals surface area (Å²) < 4.78 is 36.3. The molecule has 1 heterocycles. The van der Waals surface area contributed by atoms with Gasteiger partial charge in [0.15, 0.2) is 24.7 Å². The maximum Gasteiger partial charge on any atom is 0.338 e. The minimum atomic E-state index is -1.83. The number of benzene rings is 2. The van der Waals surface area contributed by atoms with Gasteiger partial charge in [0.1, 0.15) is 0 Å². The fourth-order valence-electron chi connectivity index (χ4n) is 2.98. The number of hydrogen-bond donors (Lipinski definition) is 0. The number of ether oxygens (including phenoxy) is 4. The second kappa shape index (κ2) is 8.95. The van der Waals surface area contributed by atoms with E-state index >= 15 is 0 Å². The summed E-state index contributed by atoms with van der Waals surface area (Å²) in [6.45, 7) is 1.60. The molecule has 2 aromatic carbocycles. The Labute approximate surface area is 162 Å². The first-order chi connectivity index (χ1) is 13.5. The normalized spacial score (nSPS) is 27.0. The van der Waals surface area contributed by atoms with Crippen molar-refractivity contribution < 1.29 is 32.9 Å².